The van der Waals surface area contributed by atoms with E-state index in [1.54, 1.807) is 54.6 Å². The summed E-state index contributed by atoms with van der Waals surface area (Å²) in [4.78, 5) is 19.3. The van der Waals surface area contributed by atoms with Gasteiger partial charge in [-0.15, -0.1) is 0 Å². The summed E-state index contributed by atoms with van der Waals surface area (Å²) in [7, 11) is -2.42. The van der Waals surface area contributed by atoms with Gasteiger partial charge in [0.05, 0.1) is 28.8 Å². The van der Waals surface area contributed by atoms with Gasteiger partial charge >= 0.3 is 0 Å². The first kappa shape index (κ1) is 23.4. The molecule has 4 aromatic rings. The molecule has 35 heavy (non-hydrogen) atoms. The molecule has 10 heteroatoms. The largest absolute Gasteiger partial charge is 0.497 e. The van der Waals surface area contributed by atoms with Crippen molar-refractivity contribution in [3.8, 4) is 23.1 Å². The predicted octanol–water partition coefficient (Wildman–Crippen LogP) is 3.60. The van der Waals surface area contributed by atoms with Crippen molar-refractivity contribution < 1.29 is 13.2 Å². The maximum atomic E-state index is 13.2. The van der Waals surface area contributed by atoms with Crippen LogP contribution < -0.4 is 15.7 Å². The lowest BCUT2D eigenvalue weighted by atomic mass is 10.1. The van der Waals surface area contributed by atoms with Crippen molar-refractivity contribution >= 4 is 22.0 Å². The van der Waals surface area contributed by atoms with E-state index in [-0.39, 0.29) is 27.0 Å². The van der Waals surface area contributed by atoms with Crippen LogP contribution in [0.25, 0.3) is 11.3 Å². The molecule has 0 spiro atoms. The van der Waals surface area contributed by atoms with E-state index in [0.29, 0.717) is 16.9 Å². The first-order chi connectivity index (χ1) is 16.9. The van der Waals surface area contributed by atoms with Crippen molar-refractivity contribution in [1.82, 2.24) is 9.97 Å². The lowest BCUT2D eigenvalue weighted by Crippen LogP contribution is -2.16. The molecule has 174 valence electrons. The van der Waals surface area contributed by atoms with Gasteiger partial charge in [0.25, 0.3) is 5.56 Å². The number of hydrogen-bond donors (Lipinski definition) is 2. The van der Waals surface area contributed by atoms with Gasteiger partial charge in [-0.3, -0.25) is 9.78 Å². The van der Waals surface area contributed by atoms with Crippen LogP contribution in [0.5, 0.6) is 5.75 Å². The smallest absolute Gasteiger partial charge is 0.270 e. The maximum absolute atomic E-state index is 13.2. The predicted molar refractivity (Wildman–Crippen MR) is 131 cm³/mol. The minimum atomic E-state index is -3.86. The van der Waals surface area contributed by atoms with Crippen LogP contribution in [-0.2, 0) is 9.84 Å². The Morgan fingerprint density at radius 3 is 2.40 bits per heavy atom. The van der Waals surface area contributed by atoms with Gasteiger partial charge in [-0.2, -0.15) is 10.4 Å². The van der Waals surface area contributed by atoms with Crippen molar-refractivity contribution in [2.45, 2.75) is 9.79 Å². The molecule has 1 aromatic heterocycles. The Bertz CT molecular complexity index is 1590. The first-order valence-electron chi connectivity index (χ1n) is 10.3. The average molecular weight is 486 g/mol. The van der Waals surface area contributed by atoms with E-state index in [1.165, 1.54) is 31.5 Å². The molecule has 4 rings (SSSR count). The van der Waals surface area contributed by atoms with E-state index in [1.807, 2.05) is 12.1 Å². The zero-order valence-electron chi connectivity index (χ0n) is 18.5. The SMILES string of the molecule is COc1ccc(C=NNc2nc(-c3ccccc3)c(C#N)c(=O)[nH]2)c(S(=O)(=O)c2ccccc2)c1. The van der Waals surface area contributed by atoms with E-state index in [4.69, 9.17) is 4.74 Å². The number of aromatic amines is 1. The third kappa shape index (κ3) is 4.95. The number of nitrogens with zero attached hydrogens (tertiary/aromatic N) is 3. The minimum Gasteiger partial charge on any atom is -0.497 e. The molecule has 0 amide bonds. The van der Waals surface area contributed by atoms with Crippen LogP contribution in [0.2, 0.25) is 0 Å². The number of hydrazone groups is 1. The number of anilines is 1. The summed E-state index contributed by atoms with van der Waals surface area (Å²) in [5, 5.41) is 13.5. The zero-order valence-corrected chi connectivity index (χ0v) is 19.3. The normalized spacial score (nSPS) is 11.2. The summed E-state index contributed by atoms with van der Waals surface area (Å²) in [6, 6.07) is 23.3. The third-order valence-electron chi connectivity index (χ3n) is 5.02. The summed E-state index contributed by atoms with van der Waals surface area (Å²) < 4.78 is 31.7. The van der Waals surface area contributed by atoms with Gasteiger partial charge in [0.1, 0.15) is 17.4 Å². The van der Waals surface area contributed by atoms with Gasteiger partial charge in [0, 0.05) is 11.1 Å². The quantitative estimate of drug-likeness (QED) is 0.301. The molecule has 0 atom stereocenters. The molecule has 0 saturated heterocycles. The van der Waals surface area contributed by atoms with Crippen molar-refractivity contribution in [2.24, 2.45) is 5.10 Å². The number of aromatic nitrogens is 2. The topological polar surface area (TPSA) is 137 Å². The molecule has 0 aliphatic rings. The lowest BCUT2D eigenvalue weighted by Gasteiger charge is -2.10. The van der Waals surface area contributed by atoms with Crippen molar-refractivity contribution in [3.63, 3.8) is 0 Å². The number of nitrogens with one attached hydrogen (secondary N) is 2. The highest BCUT2D eigenvalue weighted by atomic mass is 32.2. The van der Waals surface area contributed by atoms with E-state index in [2.05, 4.69) is 20.5 Å². The van der Waals surface area contributed by atoms with E-state index < -0.39 is 15.4 Å². The van der Waals surface area contributed by atoms with Gasteiger partial charge in [-0.05, 0) is 30.3 Å². The summed E-state index contributed by atoms with van der Waals surface area (Å²) in [5.74, 6) is 0.361. The van der Waals surface area contributed by atoms with Crippen LogP contribution >= 0.6 is 0 Å². The number of benzene rings is 3. The van der Waals surface area contributed by atoms with E-state index in [9.17, 15) is 18.5 Å². The van der Waals surface area contributed by atoms with Gasteiger partial charge in [0.2, 0.25) is 15.8 Å². The second kappa shape index (κ2) is 10.0. The fourth-order valence-corrected chi connectivity index (χ4v) is 4.78. The Morgan fingerprint density at radius 1 is 1.06 bits per heavy atom. The Labute approximate surface area is 201 Å². The van der Waals surface area contributed by atoms with Gasteiger partial charge in [-0.1, -0.05) is 48.5 Å². The van der Waals surface area contributed by atoms with E-state index >= 15 is 0 Å². The standard InChI is InChI=1S/C25H19N5O4S/c1-34-19-13-12-18(22(14-19)35(32,33)20-10-6-3-7-11-20)16-27-30-25-28-23(17-8-4-2-5-9-17)21(15-26)24(31)29-25/h2-14,16H,1H3,(H2,28,29,30,31). The molecule has 0 saturated carbocycles. The van der Waals surface area contributed by atoms with Gasteiger partial charge < -0.3 is 4.74 Å². The Hall–Kier alpha value is -4.75. The minimum absolute atomic E-state index is 0.000134. The molecule has 2 N–H and O–H groups in total. The van der Waals surface area contributed by atoms with Crippen LogP contribution in [0.4, 0.5) is 5.95 Å². The number of hydrogen-bond acceptors (Lipinski definition) is 8. The number of ether oxygens (including phenoxy) is 1. The molecule has 0 fully saturated rings. The summed E-state index contributed by atoms with van der Waals surface area (Å²) in [5.41, 5.74) is 2.94. The Balaban J connectivity index is 1.70. The fraction of sp³-hybridized carbons (Fsp3) is 0.0400. The van der Waals surface area contributed by atoms with Crippen LogP contribution in [0, 0.1) is 11.3 Å². The molecule has 9 nitrogen and oxygen atoms in total. The Morgan fingerprint density at radius 2 is 1.74 bits per heavy atom. The highest BCUT2D eigenvalue weighted by molar-refractivity contribution is 7.91. The molecular formula is C25H19N5O4S. The lowest BCUT2D eigenvalue weighted by molar-refractivity contribution is 0.413. The van der Waals surface area contributed by atoms with Gasteiger partial charge in [0.15, 0.2) is 0 Å². The van der Waals surface area contributed by atoms with Crippen molar-refractivity contribution in [3.05, 3.63) is 100 Å². The zero-order chi connectivity index (χ0) is 24.8. The summed E-state index contributed by atoms with van der Waals surface area (Å²) >= 11 is 0. The second-order valence-electron chi connectivity index (χ2n) is 7.21. The van der Waals surface area contributed by atoms with Crippen molar-refractivity contribution in [2.75, 3.05) is 12.5 Å². The monoisotopic (exact) mass is 485 g/mol. The van der Waals surface area contributed by atoms with Crippen LogP contribution in [0.15, 0.2) is 98.5 Å². The molecule has 0 aliphatic carbocycles. The molecule has 0 bridgehead atoms. The molecular weight excluding hydrogens is 466 g/mol. The van der Waals surface area contributed by atoms with Crippen LogP contribution in [-0.4, -0.2) is 31.7 Å². The highest BCUT2D eigenvalue weighted by Crippen LogP contribution is 2.27. The molecule has 0 aliphatic heterocycles. The molecule has 3 aromatic carbocycles. The van der Waals surface area contributed by atoms with E-state index in [0.717, 1.165) is 0 Å². The number of sulfone groups is 1. The highest BCUT2D eigenvalue weighted by Gasteiger charge is 2.21. The van der Waals surface area contributed by atoms with Crippen molar-refractivity contribution in [1.29, 1.82) is 5.26 Å². The number of rotatable bonds is 7. The maximum Gasteiger partial charge on any atom is 0.270 e. The third-order valence-corrected chi connectivity index (χ3v) is 6.84. The number of methoxy groups -OCH3 is 1. The average Bonchev–Trinajstić information content (AvgIpc) is 2.89. The number of H-pyrrole nitrogens is 1. The Kier molecular flexibility index (Phi) is 6.71. The van der Waals surface area contributed by atoms with Crippen LogP contribution in [0.1, 0.15) is 11.1 Å². The summed E-state index contributed by atoms with van der Waals surface area (Å²) in [6.07, 6.45) is 1.30. The number of nitriles is 1. The first-order valence-corrected chi connectivity index (χ1v) is 11.8. The fourth-order valence-electron chi connectivity index (χ4n) is 3.31. The molecule has 1 heterocycles. The molecule has 0 unspecified atom stereocenters. The second-order valence-corrected chi connectivity index (χ2v) is 9.12. The summed E-state index contributed by atoms with van der Waals surface area (Å²) in [6.45, 7) is 0. The van der Waals surface area contributed by atoms with Crippen LogP contribution in [0.3, 0.4) is 0 Å². The molecule has 0 radical (unpaired) electrons. The van der Waals surface area contributed by atoms with Gasteiger partial charge in [-0.25, -0.2) is 18.8 Å².